The number of carbonyl (C=O) groups is 1. The SMILES string of the molecule is O.[NH3+][C@@H](Cc1ccc(S(=O)(=O)[O-])cc1)C(=O)O. The zero-order valence-electron chi connectivity index (χ0n) is 8.79. The van der Waals surface area contributed by atoms with Gasteiger partial charge in [0.15, 0.2) is 6.04 Å². The molecule has 96 valence electrons. The first-order valence-electron chi connectivity index (χ1n) is 4.41. The number of benzene rings is 1. The Labute approximate surface area is 97.9 Å². The van der Waals surface area contributed by atoms with Crippen molar-refractivity contribution in [2.75, 3.05) is 0 Å². The molecule has 0 aliphatic carbocycles. The Morgan fingerprint density at radius 1 is 1.35 bits per heavy atom. The standard InChI is InChI=1S/C9H11NO5S.H2O/c10-8(9(11)12)5-6-1-3-7(4-2-6)16(13,14)15;/h1-4,8H,5,10H2,(H,11,12)(H,13,14,15);1H2/t8-;/m0./s1. The molecular formula is C9H13NO6S. The number of hydrogen-bond donors (Lipinski definition) is 2. The lowest BCUT2D eigenvalue weighted by molar-refractivity contribution is -0.407. The third kappa shape index (κ3) is 4.49. The van der Waals surface area contributed by atoms with Gasteiger partial charge in [0.1, 0.15) is 10.1 Å². The maximum atomic E-state index is 10.6. The molecule has 0 aliphatic heterocycles. The third-order valence-corrected chi connectivity index (χ3v) is 2.89. The number of hydrogen-bond acceptors (Lipinski definition) is 4. The predicted molar refractivity (Wildman–Crippen MR) is 56.0 cm³/mol. The quantitative estimate of drug-likeness (QED) is 0.601. The second-order valence-corrected chi connectivity index (χ2v) is 4.72. The number of carboxylic acids is 1. The molecule has 8 heteroatoms. The highest BCUT2D eigenvalue weighted by atomic mass is 32.2. The maximum absolute atomic E-state index is 10.6. The van der Waals surface area contributed by atoms with Crippen LogP contribution >= 0.6 is 0 Å². The van der Waals surface area contributed by atoms with E-state index < -0.39 is 22.1 Å². The van der Waals surface area contributed by atoms with Gasteiger partial charge in [-0.2, -0.15) is 0 Å². The molecule has 17 heavy (non-hydrogen) atoms. The van der Waals surface area contributed by atoms with Gasteiger partial charge >= 0.3 is 5.97 Å². The van der Waals surface area contributed by atoms with E-state index in [1.807, 2.05) is 0 Å². The highest BCUT2D eigenvalue weighted by Crippen LogP contribution is 2.10. The van der Waals surface area contributed by atoms with Gasteiger partial charge in [-0.25, -0.2) is 13.2 Å². The van der Waals surface area contributed by atoms with E-state index in [-0.39, 0.29) is 16.8 Å². The van der Waals surface area contributed by atoms with Crippen LogP contribution in [-0.2, 0) is 21.3 Å². The van der Waals surface area contributed by atoms with Crippen LogP contribution in [-0.4, -0.2) is 35.6 Å². The molecule has 7 nitrogen and oxygen atoms in total. The summed E-state index contributed by atoms with van der Waals surface area (Å²) in [6.07, 6.45) is 0.189. The molecule has 6 N–H and O–H groups in total. The minimum Gasteiger partial charge on any atom is -0.744 e. The average Bonchev–Trinajstić information content (AvgIpc) is 2.17. The molecular weight excluding hydrogens is 250 g/mol. The van der Waals surface area contributed by atoms with Gasteiger partial charge < -0.3 is 20.9 Å². The van der Waals surface area contributed by atoms with E-state index in [4.69, 9.17) is 5.11 Å². The fourth-order valence-electron chi connectivity index (χ4n) is 1.16. The summed E-state index contributed by atoms with van der Waals surface area (Å²) >= 11 is 0. The lowest BCUT2D eigenvalue weighted by Gasteiger charge is -2.08. The van der Waals surface area contributed by atoms with Crippen LogP contribution in [0.25, 0.3) is 0 Å². The van der Waals surface area contributed by atoms with Crippen LogP contribution in [0, 0.1) is 0 Å². The first-order valence-corrected chi connectivity index (χ1v) is 5.82. The molecule has 1 atom stereocenters. The summed E-state index contributed by atoms with van der Waals surface area (Å²) in [7, 11) is -4.45. The van der Waals surface area contributed by atoms with E-state index in [2.05, 4.69) is 5.73 Å². The van der Waals surface area contributed by atoms with Gasteiger partial charge in [0.2, 0.25) is 0 Å². The molecule has 0 radical (unpaired) electrons. The van der Waals surface area contributed by atoms with Crippen LogP contribution < -0.4 is 5.73 Å². The van der Waals surface area contributed by atoms with E-state index in [1.54, 1.807) is 0 Å². The summed E-state index contributed by atoms with van der Waals surface area (Å²) in [4.78, 5) is 10.2. The molecule has 0 amide bonds. The molecule has 0 fully saturated rings. The zero-order chi connectivity index (χ0) is 12.3. The van der Waals surface area contributed by atoms with Crippen molar-refractivity contribution in [3.63, 3.8) is 0 Å². The molecule has 1 rings (SSSR count). The van der Waals surface area contributed by atoms with Gasteiger partial charge in [0, 0.05) is 6.42 Å². The van der Waals surface area contributed by atoms with E-state index in [0.29, 0.717) is 5.56 Å². The van der Waals surface area contributed by atoms with Gasteiger partial charge in [-0.3, -0.25) is 0 Å². The fourth-order valence-corrected chi connectivity index (χ4v) is 1.63. The first-order chi connectivity index (χ1) is 7.30. The average molecular weight is 263 g/mol. The molecule has 1 aromatic rings. The van der Waals surface area contributed by atoms with Crippen molar-refractivity contribution in [2.24, 2.45) is 0 Å². The van der Waals surface area contributed by atoms with Crippen LogP contribution in [0.4, 0.5) is 0 Å². The Bertz CT molecular complexity index is 481. The van der Waals surface area contributed by atoms with Gasteiger partial charge in [-0.15, -0.1) is 0 Å². The lowest BCUT2D eigenvalue weighted by atomic mass is 10.1. The van der Waals surface area contributed by atoms with Crippen LogP contribution in [0.2, 0.25) is 0 Å². The second kappa shape index (κ2) is 5.73. The number of carboxylic acid groups (broad SMARTS) is 1. The molecule has 0 unspecified atom stereocenters. The Morgan fingerprint density at radius 2 is 1.82 bits per heavy atom. The minimum atomic E-state index is -4.45. The van der Waals surface area contributed by atoms with Crippen molar-refractivity contribution >= 4 is 16.1 Å². The summed E-state index contributed by atoms with van der Waals surface area (Å²) in [5.74, 6) is -1.03. The van der Waals surface area contributed by atoms with Crippen molar-refractivity contribution in [2.45, 2.75) is 17.4 Å². The van der Waals surface area contributed by atoms with Crippen LogP contribution in [0.3, 0.4) is 0 Å². The predicted octanol–water partition coefficient (Wildman–Crippen LogP) is -2.00. The van der Waals surface area contributed by atoms with E-state index in [0.717, 1.165) is 12.1 Å². The summed E-state index contributed by atoms with van der Waals surface area (Å²) in [6, 6.07) is 4.34. The van der Waals surface area contributed by atoms with Crippen molar-refractivity contribution in [1.29, 1.82) is 0 Å². The van der Waals surface area contributed by atoms with Crippen molar-refractivity contribution in [3.8, 4) is 0 Å². The highest BCUT2D eigenvalue weighted by molar-refractivity contribution is 7.85. The summed E-state index contributed by atoms with van der Waals surface area (Å²) in [6.45, 7) is 0. The Hall–Kier alpha value is -1.48. The Morgan fingerprint density at radius 3 is 2.18 bits per heavy atom. The largest absolute Gasteiger partial charge is 0.744 e. The molecule has 0 saturated carbocycles. The van der Waals surface area contributed by atoms with Crippen LogP contribution in [0.1, 0.15) is 5.56 Å². The molecule has 0 heterocycles. The molecule has 0 spiro atoms. The maximum Gasteiger partial charge on any atom is 0.362 e. The van der Waals surface area contributed by atoms with Crippen LogP contribution in [0.5, 0.6) is 0 Å². The van der Waals surface area contributed by atoms with Crippen molar-refractivity contribution in [3.05, 3.63) is 29.8 Å². The fraction of sp³-hybridized carbons (Fsp3) is 0.222. The lowest BCUT2D eigenvalue weighted by Crippen LogP contribution is -2.65. The van der Waals surface area contributed by atoms with E-state index in [9.17, 15) is 17.8 Å². The molecule has 0 saturated heterocycles. The highest BCUT2D eigenvalue weighted by Gasteiger charge is 2.15. The normalized spacial score (nSPS) is 12.6. The van der Waals surface area contributed by atoms with Crippen LogP contribution in [0.15, 0.2) is 29.2 Å². The van der Waals surface area contributed by atoms with Crippen molar-refractivity contribution in [1.82, 2.24) is 0 Å². The monoisotopic (exact) mass is 263 g/mol. The van der Waals surface area contributed by atoms with Gasteiger partial charge in [0.05, 0.1) is 4.90 Å². The van der Waals surface area contributed by atoms with E-state index >= 15 is 0 Å². The summed E-state index contributed by atoms with van der Waals surface area (Å²) < 4.78 is 31.8. The molecule has 0 aliphatic rings. The second-order valence-electron chi connectivity index (χ2n) is 3.34. The molecule has 1 aromatic carbocycles. The number of rotatable bonds is 4. The molecule has 0 bridgehead atoms. The summed E-state index contributed by atoms with van der Waals surface area (Å²) in [5.41, 5.74) is 4.04. The molecule has 0 aromatic heterocycles. The number of aliphatic carboxylic acids is 1. The van der Waals surface area contributed by atoms with Gasteiger partial charge in [-0.1, -0.05) is 12.1 Å². The Kier molecular flexibility index (Phi) is 5.23. The number of quaternary nitrogens is 1. The smallest absolute Gasteiger partial charge is 0.362 e. The van der Waals surface area contributed by atoms with Crippen molar-refractivity contribution < 1.29 is 34.1 Å². The first kappa shape index (κ1) is 15.5. The zero-order valence-corrected chi connectivity index (χ0v) is 9.61. The van der Waals surface area contributed by atoms with Gasteiger partial charge in [0.25, 0.3) is 0 Å². The Balaban J connectivity index is 0.00000256. The van der Waals surface area contributed by atoms with E-state index in [1.165, 1.54) is 12.1 Å². The topological polar surface area (TPSA) is 154 Å². The third-order valence-electron chi connectivity index (χ3n) is 2.04. The van der Waals surface area contributed by atoms with Gasteiger partial charge in [-0.05, 0) is 17.7 Å². The summed E-state index contributed by atoms with van der Waals surface area (Å²) in [5, 5.41) is 8.62. The minimum absolute atomic E-state index is 0.